The zero-order valence-electron chi connectivity index (χ0n) is 16.8. The van der Waals surface area contributed by atoms with Gasteiger partial charge in [-0.2, -0.15) is 0 Å². The van der Waals surface area contributed by atoms with Gasteiger partial charge in [0.1, 0.15) is 23.7 Å². The van der Waals surface area contributed by atoms with Crippen LogP contribution in [0.25, 0.3) is 0 Å². The molecule has 5 N–H and O–H groups in total. The van der Waals surface area contributed by atoms with Crippen LogP contribution in [0.4, 0.5) is 0 Å². The van der Waals surface area contributed by atoms with E-state index in [9.17, 15) is 30.3 Å². The second-order valence-corrected chi connectivity index (χ2v) is 8.14. The van der Waals surface area contributed by atoms with Gasteiger partial charge in [-0.05, 0) is 35.2 Å². The van der Waals surface area contributed by atoms with Crippen LogP contribution in [-0.4, -0.2) is 62.3 Å². The molecule has 6 unspecified atom stereocenters. The summed E-state index contributed by atoms with van der Waals surface area (Å²) in [7, 11) is 0. The maximum absolute atomic E-state index is 13.2. The Kier molecular flexibility index (Phi) is 5.32. The number of ketones is 1. The molecule has 7 nitrogen and oxygen atoms in total. The number of phenolic OH excluding ortho intramolecular Hbond substituents is 2. The second kappa shape index (κ2) is 7.67. The molecule has 30 heavy (non-hydrogen) atoms. The number of aliphatic hydroxyl groups excluding tert-OH is 3. The van der Waals surface area contributed by atoms with Crippen LogP contribution in [0, 0.1) is 5.92 Å². The third kappa shape index (κ3) is 3.01. The first kappa shape index (κ1) is 20.8. The van der Waals surface area contributed by atoms with Crippen LogP contribution in [0.1, 0.15) is 52.4 Å². The number of benzene rings is 2. The summed E-state index contributed by atoms with van der Waals surface area (Å²) in [4.78, 5) is 13.2. The van der Waals surface area contributed by atoms with Crippen molar-refractivity contribution in [1.82, 2.24) is 0 Å². The van der Waals surface area contributed by atoms with Gasteiger partial charge < -0.3 is 30.3 Å². The van der Waals surface area contributed by atoms with Crippen LogP contribution in [0.3, 0.4) is 0 Å². The Morgan fingerprint density at radius 1 is 1.00 bits per heavy atom. The molecule has 0 saturated carbocycles. The highest BCUT2D eigenvalue weighted by Crippen LogP contribution is 2.48. The Labute approximate surface area is 174 Å². The maximum Gasteiger partial charge on any atom is 0.201 e. The van der Waals surface area contributed by atoms with Crippen molar-refractivity contribution in [2.45, 2.75) is 50.6 Å². The fraction of sp³-hybridized carbons (Fsp3) is 0.435. The normalized spacial score (nSPS) is 30.6. The average Bonchev–Trinajstić information content (AvgIpc) is 2.73. The predicted octanol–water partition coefficient (Wildman–Crippen LogP) is 1.45. The molecule has 0 aromatic heterocycles. The van der Waals surface area contributed by atoms with Gasteiger partial charge >= 0.3 is 0 Å². The number of fused-ring (bicyclic) bond motifs is 2. The van der Waals surface area contributed by atoms with Gasteiger partial charge in [0.25, 0.3) is 0 Å². The number of phenols is 2. The number of aryl methyl sites for hydroxylation is 1. The van der Waals surface area contributed by atoms with Crippen molar-refractivity contribution in [3.05, 3.63) is 58.1 Å². The quantitative estimate of drug-likeness (QED) is 0.514. The Morgan fingerprint density at radius 2 is 1.70 bits per heavy atom. The van der Waals surface area contributed by atoms with Crippen molar-refractivity contribution >= 4 is 5.78 Å². The van der Waals surface area contributed by atoms with E-state index in [2.05, 4.69) is 0 Å². The standard InChI is InChI=1S/C23H26O7/c1-3-11-7-13-17(23-10(2)20(27)21(28)16(9-24)30-23)12-5-4-6-14(25)18(12)22(29)19(13)15(26)8-11/h4-8,10,16-17,20-21,23-28H,3,9H2,1-2H3. The molecule has 0 radical (unpaired) electrons. The molecule has 160 valence electrons. The molecule has 2 aromatic carbocycles. The summed E-state index contributed by atoms with van der Waals surface area (Å²) in [6, 6.07) is 8.14. The van der Waals surface area contributed by atoms with Gasteiger partial charge in [-0.1, -0.05) is 32.0 Å². The lowest BCUT2D eigenvalue weighted by Gasteiger charge is -2.46. The lowest BCUT2D eigenvalue weighted by Crippen LogP contribution is -2.56. The zero-order valence-corrected chi connectivity index (χ0v) is 16.8. The Morgan fingerprint density at radius 3 is 2.37 bits per heavy atom. The minimum absolute atomic E-state index is 0.0894. The van der Waals surface area contributed by atoms with Gasteiger partial charge in [0.05, 0.1) is 29.9 Å². The van der Waals surface area contributed by atoms with Gasteiger partial charge in [-0.3, -0.25) is 4.79 Å². The topological polar surface area (TPSA) is 127 Å². The summed E-state index contributed by atoms with van der Waals surface area (Å²) in [6.45, 7) is 3.18. The van der Waals surface area contributed by atoms with E-state index in [0.717, 1.165) is 5.56 Å². The van der Waals surface area contributed by atoms with Crippen LogP contribution >= 0.6 is 0 Å². The highest BCUT2D eigenvalue weighted by molar-refractivity contribution is 6.16. The molecule has 0 amide bonds. The van der Waals surface area contributed by atoms with Gasteiger partial charge in [-0.25, -0.2) is 0 Å². The fourth-order valence-electron chi connectivity index (χ4n) is 4.78. The first-order chi connectivity index (χ1) is 14.3. The van der Waals surface area contributed by atoms with Gasteiger partial charge in [0.15, 0.2) is 0 Å². The number of carbonyl (C=O) groups excluding carboxylic acids is 1. The Balaban J connectivity index is 1.96. The predicted molar refractivity (Wildman–Crippen MR) is 108 cm³/mol. The Bertz CT molecular complexity index is 984. The van der Waals surface area contributed by atoms with Crippen molar-refractivity contribution in [2.75, 3.05) is 6.61 Å². The minimum Gasteiger partial charge on any atom is -0.507 e. The maximum atomic E-state index is 13.2. The number of aromatic hydroxyl groups is 2. The molecule has 2 aromatic rings. The number of hydrogen-bond donors (Lipinski definition) is 5. The summed E-state index contributed by atoms with van der Waals surface area (Å²) in [5.74, 6) is -1.98. The van der Waals surface area contributed by atoms with Gasteiger partial charge in [-0.15, -0.1) is 0 Å². The van der Waals surface area contributed by atoms with Crippen LogP contribution < -0.4 is 0 Å². The van der Waals surface area contributed by atoms with E-state index in [-0.39, 0.29) is 22.6 Å². The third-order valence-electron chi connectivity index (χ3n) is 6.44. The van der Waals surface area contributed by atoms with Crippen molar-refractivity contribution in [3.63, 3.8) is 0 Å². The fourth-order valence-corrected chi connectivity index (χ4v) is 4.78. The van der Waals surface area contributed by atoms with Crippen LogP contribution in [0.5, 0.6) is 11.5 Å². The van der Waals surface area contributed by atoms with E-state index in [1.807, 2.05) is 13.0 Å². The van der Waals surface area contributed by atoms with Gasteiger partial charge in [0, 0.05) is 11.8 Å². The van der Waals surface area contributed by atoms with E-state index in [1.54, 1.807) is 25.1 Å². The third-order valence-corrected chi connectivity index (χ3v) is 6.44. The van der Waals surface area contributed by atoms with Crippen LogP contribution in [-0.2, 0) is 11.2 Å². The molecule has 0 bridgehead atoms. The summed E-state index contributed by atoms with van der Waals surface area (Å²) in [5, 5.41) is 51.6. The van der Waals surface area contributed by atoms with E-state index >= 15 is 0 Å². The molecule has 0 spiro atoms. The summed E-state index contributed by atoms with van der Waals surface area (Å²) < 4.78 is 6.04. The van der Waals surface area contributed by atoms with E-state index in [1.165, 1.54) is 6.07 Å². The average molecular weight is 414 g/mol. The molecular formula is C23H26O7. The zero-order chi connectivity index (χ0) is 21.7. The van der Waals surface area contributed by atoms with Crippen LogP contribution in [0.15, 0.2) is 30.3 Å². The summed E-state index contributed by atoms with van der Waals surface area (Å²) in [5.41, 5.74) is 2.09. The van der Waals surface area contributed by atoms with Crippen molar-refractivity contribution < 1.29 is 35.1 Å². The number of rotatable bonds is 3. The smallest absolute Gasteiger partial charge is 0.201 e. The summed E-state index contributed by atoms with van der Waals surface area (Å²) in [6.07, 6.45) is -3.46. The molecule has 1 saturated heterocycles. The van der Waals surface area contributed by atoms with E-state index in [0.29, 0.717) is 17.5 Å². The van der Waals surface area contributed by atoms with E-state index in [4.69, 9.17) is 4.74 Å². The SMILES string of the molecule is CCc1cc(O)c2c(c1)C(C1OC(CO)C(O)C(O)C1C)c1cccc(O)c1C2=O. The van der Waals surface area contributed by atoms with Gasteiger partial charge in [0.2, 0.25) is 5.78 Å². The molecule has 7 heteroatoms. The molecule has 1 aliphatic heterocycles. The molecular weight excluding hydrogens is 388 g/mol. The van der Waals surface area contributed by atoms with E-state index < -0.39 is 48.6 Å². The van der Waals surface area contributed by atoms with Crippen molar-refractivity contribution in [1.29, 1.82) is 0 Å². The Hall–Kier alpha value is -2.45. The lowest BCUT2D eigenvalue weighted by atomic mass is 9.69. The number of aliphatic hydroxyl groups is 3. The second-order valence-electron chi connectivity index (χ2n) is 8.14. The minimum atomic E-state index is -1.25. The van der Waals surface area contributed by atoms with Crippen LogP contribution in [0.2, 0.25) is 0 Å². The largest absolute Gasteiger partial charge is 0.507 e. The highest BCUT2D eigenvalue weighted by atomic mass is 16.5. The highest BCUT2D eigenvalue weighted by Gasteiger charge is 2.48. The number of carbonyl (C=O) groups is 1. The molecule has 1 fully saturated rings. The number of hydrogen-bond acceptors (Lipinski definition) is 7. The first-order valence-corrected chi connectivity index (χ1v) is 10.1. The monoisotopic (exact) mass is 414 g/mol. The molecule has 6 atom stereocenters. The van der Waals surface area contributed by atoms with Crippen molar-refractivity contribution in [2.24, 2.45) is 5.92 Å². The molecule has 1 aliphatic carbocycles. The molecule has 4 rings (SSSR count). The number of ether oxygens (including phenoxy) is 1. The molecule has 2 aliphatic rings. The van der Waals surface area contributed by atoms with Crippen molar-refractivity contribution in [3.8, 4) is 11.5 Å². The molecule has 1 heterocycles. The summed E-state index contributed by atoms with van der Waals surface area (Å²) >= 11 is 0. The first-order valence-electron chi connectivity index (χ1n) is 10.1. The lowest BCUT2D eigenvalue weighted by molar-refractivity contribution is -0.208.